The molecule has 1 aromatic rings. The van der Waals surface area contributed by atoms with E-state index in [1.807, 2.05) is 6.92 Å². The zero-order chi connectivity index (χ0) is 12.8. The minimum absolute atomic E-state index is 0.464. The molecule has 1 aromatic heterocycles. The molecule has 1 heterocycles. The second-order valence-corrected chi connectivity index (χ2v) is 6.37. The minimum Gasteiger partial charge on any atom is -0.313 e. The first-order valence-corrected chi connectivity index (χ1v) is 7.46. The van der Waals surface area contributed by atoms with Gasteiger partial charge in [-0.3, -0.25) is 4.68 Å². The van der Waals surface area contributed by atoms with Gasteiger partial charge in [-0.15, -0.1) is 0 Å². The van der Waals surface area contributed by atoms with Gasteiger partial charge in [0.25, 0.3) is 0 Å². The topological polar surface area (TPSA) is 29.9 Å². The highest BCUT2D eigenvalue weighted by Crippen LogP contribution is 2.49. The summed E-state index contributed by atoms with van der Waals surface area (Å²) < 4.78 is 2.08. The van der Waals surface area contributed by atoms with Crippen LogP contribution in [0.2, 0.25) is 5.02 Å². The third-order valence-corrected chi connectivity index (χ3v) is 4.79. The molecule has 3 nitrogen and oxygen atoms in total. The van der Waals surface area contributed by atoms with Crippen LogP contribution >= 0.6 is 11.6 Å². The summed E-state index contributed by atoms with van der Waals surface area (Å²) in [7, 11) is 0. The fraction of sp³-hybridized carbons (Fsp3) is 0.786. The Bertz CT molecular complexity index is 444. The van der Waals surface area contributed by atoms with E-state index in [-0.39, 0.29) is 0 Å². The van der Waals surface area contributed by atoms with E-state index in [1.165, 1.54) is 31.4 Å². The van der Waals surface area contributed by atoms with Gasteiger partial charge in [0, 0.05) is 19.1 Å². The van der Waals surface area contributed by atoms with Crippen molar-refractivity contribution in [3.05, 3.63) is 16.4 Å². The van der Waals surface area contributed by atoms with Crippen molar-refractivity contribution in [3.63, 3.8) is 0 Å². The van der Waals surface area contributed by atoms with Crippen molar-refractivity contribution in [3.8, 4) is 0 Å². The molecule has 0 radical (unpaired) electrons. The number of hydrogen-bond acceptors (Lipinski definition) is 2. The van der Waals surface area contributed by atoms with Gasteiger partial charge in [-0.1, -0.05) is 11.6 Å². The van der Waals surface area contributed by atoms with Crippen LogP contribution in [0.3, 0.4) is 0 Å². The lowest BCUT2D eigenvalue weighted by Gasteiger charge is -2.17. The van der Waals surface area contributed by atoms with Crippen LogP contribution in [0.4, 0.5) is 0 Å². The molecule has 2 aliphatic carbocycles. The van der Waals surface area contributed by atoms with Crippen molar-refractivity contribution in [1.82, 2.24) is 15.1 Å². The average Bonchev–Trinajstić information content (AvgIpc) is 3.24. The summed E-state index contributed by atoms with van der Waals surface area (Å²) in [5, 5.41) is 9.07. The Morgan fingerprint density at radius 1 is 1.44 bits per heavy atom. The van der Waals surface area contributed by atoms with Gasteiger partial charge in [0.15, 0.2) is 0 Å². The van der Waals surface area contributed by atoms with E-state index in [9.17, 15) is 0 Å². The van der Waals surface area contributed by atoms with Crippen LogP contribution in [0.1, 0.15) is 44.0 Å². The van der Waals surface area contributed by atoms with E-state index < -0.39 is 0 Å². The molecule has 100 valence electrons. The first-order chi connectivity index (χ1) is 8.63. The van der Waals surface area contributed by atoms with Crippen molar-refractivity contribution in [2.24, 2.45) is 5.41 Å². The number of halogens is 1. The number of aromatic nitrogens is 2. The molecule has 0 atom stereocenters. The van der Waals surface area contributed by atoms with Crippen molar-refractivity contribution in [2.75, 3.05) is 6.54 Å². The fourth-order valence-corrected chi connectivity index (χ4v) is 2.84. The molecule has 3 rings (SSSR count). The Balaban J connectivity index is 1.71. The maximum Gasteiger partial charge on any atom is 0.0847 e. The number of nitrogens with zero attached hydrogens (tertiary/aromatic N) is 2. The lowest BCUT2D eigenvalue weighted by Crippen LogP contribution is -2.28. The quantitative estimate of drug-likeness (QED) is 0.859. The highest BCUT2D eigenvalue weighted by molar-refractivity contribution is 6.31. The summed E-state index contributed by atoms with van der Waals surface area (Å²) in [5.74, 6) is 0. The van der Waals surface area contributed by atoms with E-state index in [2.05, 4.69) is 22.0 Å². The van der Waals surface area contributed by atoms with Gasteiger partial charge in [0.2, 0.25) is 0 Å². The molecular formula is C14H22ClN3. The van der Waals surface area contributed by atoms with Crippen LogP contribution < -0.4 is 5.32 Å². The molecule has 0 bridgehead atoms. The van der Waals surface area contributed by atoms with Crippen LogP contribution in [0.15, 0.2) is 0 Å². The normalized spacial score (nSPS) is 21.3. The largest absolute Gasteiger partial charge is 0.313 e. The van der Waals surface area contributed by atoms with Crippen LogP contribution in [0.5, 0.6) is 0 Å². The van der Waals surface area contributed by atoms with Gasteiger partial charge in [-0.25, -0.2) is 0 Å². The molecule has 0 unspecified atom stereocenters. The second-order valence-electron chi connectivity index (χ2n) is 5.99. The Kier molecular flexibility index (Phi) is 3.15. The third kappa shape index (κ3) is 2.43. The highest BCUT2D eigenvalue weighted by atomic mass is 35.5. The van der Waals surface area contributed by atoms with Crippen LogP contribution in [-0.2, 0) is 13.0 Å². The fourth-order valence-electron chi connectivity index (χ4n) is 2.63. The SMILES string of the molecule is CCn1nc(C)c(Cl)c1CC1(CNC2CC2)CC1. The van der Waals surface area contributed by atoms with Gasteiger partial charge in [-0.05, 0) is 51.4 Å². The first-order valence-electron chi connectivity index (χ1n) is 7.09. The lowest BCUT2D eigenvalue weighted by atomic mass is 9.99. The lowest BCUT2D eigenvalue weighted by molar-refractivity contribution is 0.436. The maximum absolute atomic E-state index is 6.40. The van der Waals surface area contributed by atoms with Crippen molar-refractivity contribution >= 4 is 11.6 Å². The molecule has 0 amide bonds. The van der Waals surface area contributed by atoms with Crippen molar-refractivity contribution in [2.45, 2.75) is 58.5 Å². The number of nitrogens with one attached hydrogen (secondary N) is 1. The molecule has 0 aromatic carbocycles. The Hall–Kier alpha value is -0.540. The third-order valence-electron chi connectivity index (χ3n) is 4.30. The van der Waals surface area contributed by atoms with E-state index in [4.69, 9.17) is 11.6 Å². The van der Waals surface area contributed by atoms with E-state index in [0.717, 1.165) is 36.3 Å². The van der Waals surface area contributed by atoms with Crippen molar-refractivity contribution in [1.29, 1.82) is 0 Å². The van der Waals surface area contributed by atoms with E-state index in [0.29, 0.717) is 5.41 Å². The molecule has 2 fully saturated rings. The van der Waals surface area contributed by atoms with Gasteiger partial charge < -0.3 is 5.32 Å². The monoisotopic (exact) mass is 267 g/mol. The number of hydrogen-bond donors (Lipinski definition) is 1. The minimum atomic E-state index is 0.464. The first kappa shape index (κ1) is 12.5. The molecule has 0 aliphatic heterocycles. The molecule has 2 saturated carbocycles. The van der Waals surface area contributed by atoms with Gasteiger partial charge in [0.05, 0.1) is 16.4 Å². The molecule has 0 saturated heterocycles. The Labute approximate surface area is 114 Å². The van der Waals surface area contributed by atoms with Crippen LogP contribution in [-0.4, -0.2) is 22.4 Å². The summed E-state index contributed by atoms with van der Waals surface area (Å²) in [6.07, 6.45) is 6.47. The summed E-state index contributed by atoms with van der Waals surface area (Å²) in [6.45, 7) is 6.20. The molecule has 0 spiro atoms. The maximum atomic E-state index is 6.40. The summed E-state index contributed by atoms with van der Waals surface area (Å²) in [6, 6.07) is 0.802. The zero-order valence-corrected chi connectivity index (χ0v) is 12.1. The van der Waals surface area contributed by atoms with Crippen molar-refractivity contribution < 1.29 is 0 Å². The zero-order valence-electron chi connectivity index (χ0n) is 11.3. The summed E-state index contributed by atoms with van der Waals surface area (Å²) in [4.78, 5) is 0. The molecule has 4 heteroatoms. The summed E-state index contributed by atoms with van der Waals surface area (Å²) in [5.41, 5.74) is 2.68. The smallest absolute Gasteiger partial charge is 0.0847 e. The van der Waals surface area contributed by atoms with Gasteiger partial charge in [0.1, 0.15) is 0 Å². The highest BCUT2D eigenvalue weighted by Gasteiger charge is 2.44. The van der Waals surface area contributed by atoms with Crippen LogP contribution in [0, 0.1) is 12.3 Å². The molecular weight excluding hydrogens is 246 g/mol. The number of rotatable bonds is 6. The number of aryl methyl sites for hydroxylation is 2. The van der Waals surface area contributed by atoms with E-state index in [1.54, 1.807) is 0 Å². The standard InChI is InChI=1S/C14H22ClN3/c1-3-18-12(13(15)10(2)17-18)8-14(6-7-14)9-16-11-4-5-11/h11,16H,3-9H2,1-2H3. The predicted octanol–water partition coefficient (Wildman–Crippen LogP) is 2.94. The van der Waals surface area contributed by atoms with Gasteiger partial charge >= 0.3 is 0 Å². The Morgan fingerprint density at radius 2 is 2.17 bits per heavy atom. The molecule has 18 heavy (non-hydrogen) atoms. The summed E-state index contributed by atoms with van der Waals surface area (Å²) >= 11 is 6.40. The molecule has 2 aliphatic rings. The predicted molar refractivity (Wildman–Crippen MR) is 74.0 cm³/mol. The molecule has 1 N–H and O–H groups in total. The average molecular weight is 268 g/mol. The van der Waals surface area contributed by atoms with Gasteiger partial charge in [-0.2, -0.15) is 5.10 Å². The van der Waals surface area contributed by atoms with E-state index >= 15 is 0 Å². The van der Waals surface area contributed by atoms with Crippen LogP contribution in [0.25, 0.3) is 0 Å². The Morgan fingerprint density at radius 3 is 2.72 bits per heavy atom. The second kappa shape index (κ2) is 4.53.